The van der Waals surface area contributed by atoms with Crippen LogP contribution in [0.5, 0.6) is 5.75 Å². The number of ether oxygens (including phenoxy) is 1. The monoisotopic (exact) mass is 223 g/mol. The number of hydrogen-bond acceptors (Lipinski definition) is 3. The second kappa shape index (κ2) is 5.25. The first kappa shape index (κ1) is 12.2. The van der Waals surface area contributed by atoms with Crippen LogP contribution in [-0.2, 0) is 0 Å². The molecule has 0 fully saturated rings. The quantitative estimate of drug-likeness (QED) is 0.767. The Labute approximate surface area is 95.2 Å². The normalized spacial score (nSPS) is 9.69. The van der Waals surface area contributed by atoms with E-state index in [1.165, 1.54) is 7.11 Å². The summed E-state index contributed by atoms with van der Waals surface area (Å²) in [5, 5.41) is 2.75. The first-order valence-corrected chi connectivity index (χ1v) is 5.04. The molecule has 0 aliphatic rings. The SMILES string of the molecule is CCN(C)C(=O)Nc1ccc(N)c(OC)c1. The van der Waals surface area contributed by atoms with E-state index in [4.69, 9.17) is 10.5 Å². The van der Waals surface area contributed by atoms with Gasteiger partial charge in [-0.15, -0.1) is 0 Å². The minimum absolute atomic E-state index is 0.158. The minimum Gasteiger partial charge on any atom is -0.495 e. The van der Waals surface area contributed by atoms with Gasteiger partial charge in [-0.25, -0.2) is 4.79 Å². The number of carbonyl (C=O) groups excluding carboxylic acids is 1. The summed E-state index contributed by atoms with van der Waals surface area (Å²) >= 11 is 0. The van der Waals surface area contributed by atoms with Gasteiger partial charge in [0.05, 0.1) is 12.8 Å². The van der Waals surface area contributed by atoms with Gasteiger partial charge in [0.25, 0.3) is 0 Å². The van der Waals surface area contributed by atoms with Crippen molar-refractivity contribution in [1.29, 1.82) is 0 Å². The Morgan fingerprint density at radius 1 is 1.56 bits per heavy atom. The number of nitrogens with two attached hydrogens (primary N) is 1. The molecular weight excluding hydrogens is 206 g/mol. The van der Waals surface area contributed by atoms with Crippen LogP contribution in [0.15, 0.2) is 18.2 Å². The maximum atomic E-state index is 11.6. The Kier molecular flexibility index (Phi) is 3.99. The number of benzene rings is 1. The van der Waals surface area contributed by atoms with Crippen LogP contribution in [0, 0.1) is 0 Å². The molecule has 0 radical (unpaired) electrons. The molecule has 0 spiro atoms. The number of urea groups is 1. The van der Waals surface area contributed by atoms with Crippen LogP contribution < -0.4 is 15.8 Å². The number of carbonyl (C=O) groups is 1. The average Bonchev–Trinajstić information content (AvgIpc) is 2.30. The molecule has 0 saturated carbocycles. The minimum atomic E-state index is -0.158. The van der Waals surface area contributed by atoms with E-state index in [-0.39, 0.29) is 6.03 Å². The van der Waals surface area contributed by atoms with Gasteiger partial charge in [0, 0.05) is 25.3 Å². The molecule has 0 heterocycles. The second-order valence-electron chi connectivity index (χ2n) is 3.40. The number of rotatable bonds is 3. The number of methoxy groups -OCH3 is 1. The Morgan fingerprint density at radius 3 is 2.81 bits per heavy atom. The highest BCUT2D eigenvalue weighted by atomic mass is 16.5. The molecule has 5 nitrogen and oxygen atoms in total. The zero-order chi connectivity index (χ0) is 12.1. The predicted octanol–water partition coefficient (Wildman–Crippen LogP) is 1.76. The smallest absolute Gasteiger partial charge is 0.321 e. The largest absolute Gasteiger partial charge is 0.495 e. The topological polar surface area (TPSA) is 67.6 Å². The van der Waals surface area contributed by atoms with E-state index in [1.54, 1.807) is 30.1 Å². The summed E-state index contributed by atoms with van der Waals surface area (Å²) in [4.78, 5) is 13.1. The fourth-order valence-corrected chi connectivity index (χ4v) is 1.15. The standard InChI is InChI=1S/C11H17N3O2/c1-4-14(2)11(15)13-8-5-6-9(12)10(7-8)16-3/h5-7H,4,12H2,1-3H3,(H,13,15). The van der Waals surface area contributed by atoms with Gasteiger partial charge in [0.2, 0.25) is 0 Å². The van der Waals surface area contributed by atoms with Crippen LogP contribution in [0.4, 0.5) is 16.2 Å². The van der Waals surface area contributed by atoms with Crippen molar-refractivity contribution in [2.45, 2.75) is 6.92 Å². The molecule has 0 atom stereocenters. The Hall–Kier alpha value is -1.91. The zero-order valence-corrected chi connectivity index (χ0v) is 9.78. The molecule has 1 aromatic carbocycles. The van der Waals surface area contributed by atoms with Crippen molar-refractivity contribution in [2.75, 3.05) is 31.8 Å². The van der Waals surface area contributed by atoms with Crippen molar-refractivity contribution in [3.8, 4) is 5.75 Å². The number of hydrogen-bond donors (Lipinski definition) is 2. The molecule has 5 heteroatoms. The molecule has 88 valence electrons. The molecule has 16 heavy (non-hydrogen) atoms. The van der Waals surface area contributed by atoms with Gasteiger partial charge in [-0.05, 0) is 19.1 Å². The number of nitrogen functional groups attached to an aromatic ring is 1. The molecule has 0 bridgehead atoms. The summed E-state index contributed by atoms with van der Waals surface area (Å²) in [5.41, 5.74) is 6.88. The Bertz CT molecular complexity index is 379. The third-order valence-corrected chi connectivity index (χ3v) is 2.31. The Morgan fingerprint density at radius 2 is 2.25 bits per heavy atom. The highest BCUT2D eigenvalue weighted by molar-refractivity contribution is 5.89. The molecule has 3 N–H and O–H groups in total. The molecule has 2 amide bonds. The fourth-order valence-electron chi connectivity index (χ4n) is 1.15. The highest BCUT2D eigenvalue weighted by Crippen LogP contribution is 2.24. The Balaban J connectivity index is 2.78. The molecule has 1 aromatic rings. The molecule has 0 aliphatic heterocycles. The summed E-state index contributed by atoms with van der Waals surface area (Å²) in [6.45, 7) is 2.56. The first-order valence-electron chi connectivity index (χ1n) is 5.04. The molecular formula is C11H17N3O2. The van der Waals surface area contributed by atoms with Crippen LogP contribution in [0.25, 0.3) is 0 Å². The van der Waals surface area contributed by atoms with Crippen LogP contribution in [0.1, 0.15) is 6.92 Å². The van der Waals surface area contributed by atoms with Gasteiger partial charge in [-0.1, -0.05) is 0 Å². The lowest BCUT2D eigenvalue weighted by atomic mass is 10.2. The maximum Gasteiger partial charge on any atom is 0.321 e. The van der Waals surface area contributed by atoms with Gasteiger partial charge in [0.1, 0.15) is 5.75 Å². The molecule has 0 saturated heterocycles. The van der Waals surface area contributed by atoms with E-state index in [0.717, 1.165) is 0 Å². The number of amides is 2. The van der Waals surface area contributed by atoms with Crippen molar-refractivity contribution in [1.82, 2.24) is 4.90 Å². The van der Waals surface area contributed by atoms with E-state index in [0.29, 0.717) is 23.7 Å². The number of nitrogens with one attached hydrogen (secondary N) is 1. The number of anilines is 2. The van der Waals surface area contributed by atoms with Crippen LogP contribution in [0.2, 0.25) is 0 Å². The van der Waals surface area contributed by atoms with Crippen LogP contribution in [-0.4, -0.2) is 31.6 Å². The predicted molar refractivity (Wildman–Crippen MR) is 64.7 cm³/mol. The van der Waals surface area contributed by atoms with Crippen molar-refractivity contribution >= 4 is 17.4 Å². The lowest BCUT2D eigenvalue weighted by molar-refractivity contribution is 0.224. The van der Waals surface area contributed by atoms with Crippen LogP contribution in [0.3, 0.4) is 0 Å². The van der Waals surface area contributed by atoms with Crippen molar-refractivity contribution in [3.05, 3.63) is 18.2 Å². The van der Waals surface area contributed by atoms with Crippen molar-refractivity contribution in [3.63, 3.8) is 0 Å². The first-order chi connectivity index (χ1) is 7.58. The van der Waals surface area contributed by atoms with E-state index in [1.807, 2.05) is 6.92 Å². The van der Waals surface area contributed by atoms with Crippen molar-refractivity contribution < 1.29 is 9.53 Å². The van der Waals surface area contributed by atoms with Crippen molar-refractivity contribution in [2.24, 2.45) is 0 Å². The van der Waals surface area contributed by atoms with Gasteiger partial charge >= 0.3 is 6.03 Å². The molecule has 0 aliphatic carbocycles. The maximum absolute atomic E-state index is 11.6. The fraction of sp³-hybridized carbons (Fsp3) is 0.364. The van der Waals surface area contributed by atoms with Gasteiger partial charge in [0.15, 0.2) is 0 Å². The van der Waals surface area contributed by atoms with E-state index in [9.17, 15) is 4.79 Å². The third-order valence-electron chi connectivity index (χ3n) is 2.31. The summed E-state index contributed by atoms with van der Waals surface area (Å²) in [6.07, 6.45) is 0. The lowest BCUT2D eigenvalue weighted by Gasteiger charge is -2.16. The molecule has 0 aromatic heterocycles. The highest BCUT2D eigenvalue weighted by Gasteiger charge is 2.07. The molecule has 0 unspecified atom stereocenters. The lowest BCUT2D eigenvalue weighted by Crippen LogP contribution is -2.30. The summed E-state index contributed by atoms with van der Waals surface area (Å²) in [5.74, 6) is 0.553. The summed E-state index contributed by atoms with van der Waals surface area (Å²) in [7, 11) is 3.26. The van der Waals surface area contributed by atoms with E-state index in [2.05, 4.69) is 5.32 Å². The number of nitrogens with zero attached hydrogens (tertiary/aromatic N) is 1. The zero-order valence-electron chi connectivity index (χ0n) is 9.78. The third kappa shape index (κ3) is 2.79. The van der Waals surface area contributed by atoms with Gasteiger partial charge in [-0.3, -0.25) is 0 Å². The average molecular weight is 223 g/mol. The van der Waals surface area contributed by atoms with Gasteiger partial charge in [-0.2, -0.15) is 0 Å². The van der Waals surface area contributed by atoms with Crippen LogP contribution >= 0.6 is 0 Å². The van der Waals surface area contributed by atoms with E-state index < -0.39 is 0 Å². The summed E-state index contributed by atoms with van der Waals surface area (Å²) < 4.78 is 5.06. The summed E-state index contributed by atoms with van der Waals surface area (Å²) in [6, 6.07) is 4.96. The molecule has 1 rings (SSSR count). The second-order valence-corrected chi connectivity index (χ2v) is 3.40. The van der Waals surface area contributed by atoms with E-state index >= 15 is 0 Å². The van der Waals surface area contributed by atoms with Gasteiger partial charge < -0.3 is 20.7 Å².